The third kappa shape index (κ3) is 40.3. The average molecular weight is 787 g/mol. The predicted molar refractivity (Wildman–Crippen MR) is 224 cm³/mol. The number of phosphoric acid groups is 1. The fraction of sp³-hybridized carbons (Fsp3) is 0.841. The van der Waals surface area contributed by atoms with Crippen LogP contribution >= 0.6 is 7.82 Å². The van der Waals surface area contributed by atoms with Crippen molar-refractivity contribution in [1.29, 1.82) is 0 Å². The van der Waals surface area contributed by atoms with Gasteiger partial charge < -0.3 is 24.6 Å². The molecule has 0 aliphatic rings. The van der Waals surface area contributed by atoms with Gasteiger partial charge in [0, 0.05) is 13.0 Å². The molecule has 10 heteroatoms. The van der Waals surface area contributed by atoms with Gasteiger partial charge in [0.15, 0.2) is 0 Å². The molecule has 0 rings (SSSR count). The van der Waals surface area contributed by atoms with Gasteiger partial charge in [0.1, 0.15) is 12.2 Å². The first-order chi connectivity index (χ1) is 26.3. The first-order valence-corrected chi connectivity index (χ1v) is 23.5. The number of aliphatic hydroxyl groups is 2. The van der Waals surface area contributed by atoms with E-state index in [1.165, 1.54) is 109 Å². The second kappa shape index (κ2) is 41.3. The Morgan fingerprint density at radius 1 is 0.593 bits per heavy atom. The van der Waals surface area contributed by atoms with E-state index in [2.05, 4.69) is 50.3 Å². The lowest BCUT2D eigenvalue weighted by Crippen LogP contribution is -2.29. The number of hydrogen-bond acceptors (Lipinski definition) is 8. The minimum atomic E-state index is -4.52. The summed E-state index contributed by atoms with van der Waals surface area (Å²) in [6.45, 7) is 3.39. The molecule has 0 aromatic heterocycles. The van der Waals surface area contributed by atoms with Gasteiger partial charge in [-0.25, -0.2) is 4.57 Å². The van der Waals surface area contributed by atoms with Crippen LogP contribution in [-0.4, -0.2) is 66.3 Å². The highest BCUT2D eigenvalue weighted by Gasteiger charge is 2.26. The van der Waals surface area contributed by atoms with E-state index in [9.17, 15) is 19.4 Å². The molecule has 0 fully saturated rings. The van der Waals surface area contributed by atoms with Crippen LogP contribution in [0.25, 0.3) is 0 Å². The normalized spacial score (nSPS) is 14.4. The van der Waals surface area contributed by atoms with Crippen molar-refractivity contribution < 1.29 is 43.0 Å². The number of carbonyl (C=O) groups is 1. The van der Waals surface area contributed by atoms with Crippen molar-refractivity contribution in [2.45, 2.75) is 206 Å². The van der Waals surface area contributed by atoms with Gasteiger partial charge in [-0.3, -0.25) is 13.8 Å². The van der Waals surface area contributed by atoms with Crippen LogP contribution in [0.2, 0.25) is 0 Å². The van der Waals surface area contributed by atoms with Crippen molar-refractivity contribution in [3.8, 4) is 0 Å². The first-order valence-electron chi connectivity index (χ1n) is 22.0. The molecule has 0 heterocycles. The molecule has 3 N–H and O–H groups in total. The monoisotopic (exact) mass is 787 g/mol. The van der Waals surface area contributed by atoms with E-state index in [4.69, 9.17) is 23.6 Å². The maximum Gasteiger partial charge on any atom is 0.472 e. The standard InChI is InChI=1S/C44H83O9P/c1-3-5-7-9-11-13-15-17-18-19-20-21-22-23-25-27-29-31-33-35-37-50-40-43(41-52-54(48,49)51-39-42(46)38-45)53-44(47)36-34-32-30-28-26-24-16-14-12-10-8-6-4-2/h6,8,12,14,24,26,42-43,45-46H,3-5,7,9-11,13,15-23,25,27-41H2,1-2H3,(H,48,49)/b8-6-,14-12-,26-24-. The van der Waals surface area contributed by atoms with Gasteiger partial charge in [0.25, 0.3) is 0 Å². The number of hydrogen-bond donors (Lipinski definition) is 3. The van der Waals surface area contributed by atoms with Crippen LogP contribution < -0.4 is 0 Å². The Bertz CT molecular complexity index is 939. The number of phosphoric ester groups is 1. The smallest absolute Gasteiger partial charge is 0.457 e. The lowest BCUT2D eigenvalue weighted by Gasteiger charge is -2.20. The molecule has 0 aliphatic heterocycles. The van der Waals surface area contributed by atoms with Crippen molar-refractivity contribution in [2.75, 3.05) is 33.0 Å². The summed E-state index contributed by atoms with van der Waals surface area (Å²) >= 11 is 0. The SMILES string of the molecule is CC/C=C\C/C=C\C/C=C\CCCCCC(=O)OC(COCCCCCCCCCCCCCCCCCCCCCC)COP(=O)(O)OCC(O)CO. The van der Waals surface area contributed by atoms with E-state index < -0.39 is 39.2 Å². The summed E-state index contributed by atoms with van der Waals surface area (Å²) in [5.41, 5.74) is 0. The quantitative estimate of drug-likeness (QED) is 0.0239. The molecule has 0 aliphatic carbocycles. The second-order valence-corrected chi connectivity index (χ2v) is 16.1. The summed E-state index contributed by atoms with van der Waals surface area (Å²) in [5, 5.41) is 18.3. The summed E-state index contributed by atoms with van der Waals surface area (Å²) in [7, 11) is -4.52. The molecular formula is C44H83O9P. The third-order valence-corrected chi connectivity index (χ3v) is 10.3. The zero-order chi connectivity index (χ0) is 39.6. The van der Waals surface area contributed by atoms with Crippen molar-refractivity contribution >= 4 is 13.8 Å². The van der Waals surface area contributed by atoms with Gasteiger partial charge >= 0.3 is 13.8 Å². The van der Waals surface area contributed by atoms with Crippen molar-refractivity contribution in [3.05, 3.63) is 36.5 Å². The summed E-state index contributed by atoms with van der Waals surface area (Å²) in [6.07, 6.45) is 44.0. The average Bonchev–Trinajstić information content (AvgIpc) is 3.16. The van der Waals surface area contributed by atoms with Crippen LogP contribution in [0.4, 0.5) is 0 Å². The first kappa shape index (κ1) is 52.7. The molecule has 0 spiro atoms. The second-order valence-electron chi connectivity index (χ2n) is 14.7. The maximum absolute atomic E-state index is 12.6. The molecule has 0 aromatic rings. The zero-order valence-corrected chi connectivity index (χ0v) is 35.6. The van der Waals surface area contributed by atoms with Gasteiger partial charge in [-0.15, -0.1) is 0 Å². The molecule has 3 unspecified atom stereocenters. The molecule has 9 nitrogen and oxygen atoms in total. The minimum Gasteiger partial charge on any atom is -0.457 e. The number of carbonyl (C=O) groups excluding carboxylic acids is 1. The maximum atomic E-state index is 12.6. The van der Waals surface area contributed by atoms with Gasteiger partial charge in [0.05, 0.1) is 26.4 Å². The molecule has 0 amide bonds. The van der Waals surface area contributed by atoms with Crippen LogP contribution in [0.1, 0.15) is 194 Å². The fourth-order valence-electron chi connectivity index (χ4n) is 6.02. The lowest BCUT2D eigenvalue weighted by molar-refractivity contribution is -0.154. The van der Waals surface area contributed by atoms with Crippen LogP contribution in [0.15, 0.2) is 36.5 Å². The summed E-state index contributed by atoms with van der Waals surface area (Å²) in [6, 6.07) is 0. The molecule has 0 aromatic carbocycles. The predicted octanol–water partition coefficient (Wildman–Crippen LogP) is 12.0. The van der Waals surface area contributed by atoms with Crippen LogP contribution in [0.3, 0.4) is 0 Å². The highest BCUT2D eigenvalue weighted by atomic mass is 31.2. The van der Waals surface area contributed by atoms with E-state index in [0.29, 0.717) is 13.0 Å². The van der Waals surface area contributed by atoms with Gasteiger partial charge in [-0.05, 0) is 44.9 Å². The third-order valence-electron chi connectivity index (χ3n) is 9.34. The van der Waals surface area contributed by atoms with E-state index in [1.54, 1.807) is 0 Å². The zero-order valence-electron chi connectivity index (χ0n) is 34.7. The molecule has 3 atom stereocenters. The van der Waals surface area contributed by atoms with Gasteiger partial charge in [-0.1, -0.05) is 179 Å². The number of aliphatic hydroxyl groups excluding tert-OH is 2. The molecule has 54 heavy (non-hydrogen) atoms. The van der Waals surface area contributed by atoms with E-state index in [0.717, 1.165) is 57.8 Å². The lowest BCUT2D eigenvalue weighted by atomic mass is 10.0. The highest BCUT2D eigenvalue weighted by Crippen LogP contribution is 2.43. The Kier molecular flexibility index (Phi) is 40.3. The van der Waals surface area contributed by atoms with Crippen LogP contribution in [0, 0.1) is 0 Å². The molecule has 318 valence electrons. The van der Waals surface area contributed by atoms with Crippen molar-refractivity contribution in [1.82, 2.24) is 0 Å². The van der Waals surface area contributed by atoms with Crippen LogP contribution in [-0.2, 0) is 27.9 Å². The van der Waals surface area contributed by atoms with Gasteiger partial charge in [-0.2, -0.15) is 0 Å². The number of esters is 1. The number of rotatable bonds is 42. The van der Waals surface area contributed by atoms with E-state index >= 15 is 0 Å². The topological polar surface area (TPSA) is 132 Å². The minimum absolute atomic E-state index is 0.0399. The Balaban J connectivity index is 4.12. The Morgan fingerprint density at radius 2 is 1.06 bits per heavy atom. The Morgan fingerprint density at radius 3 is 1.57 bits per heavy atom. The summed E-state index contributed by atoms with van der Waals surface area (Å²) in [5.74, 6) is -0.409. The summed E-state index contributed by atoms with van der Waals surface area (Å²) in [4.78, 5) is 22.5. The van der Waals surface area contributed by atoms with Crippen LogP contribution in [0.5, 0.6) is 0 Å². The van der Waals surface area contributed by atoms with Crippen molar-refractivity contribution in [2.24, 2.45) is 0 Å². The van der Waals surface area contributed by atoms with Crippen molar-refractivity contribution in [3.63, 3.8) is 0 Å². The molecule has 0 saturated heterocycles. The highest BCUT2D eigenvalue weighted by molar-refractivity contribution is 7.47. The Labute approximate surface area is 331 Å². The summed E-state index contributed by atoms with van der Waals surface area (Å²) < 4.78 is 33.3. The number of ether oxygens (including phenoxy) is 2. The molecule has 0 bridgehead atoms. The largest absolute Gasteiger partial charge is 0.472 e. The molecule has 0 radical (unpaired) electrons. The number of allylic oxidation sites excluding steroid dienone is 6. The fourth-order valence-corrected chi connectivity index (χ4v) is 6.81. The van der Waals surface area contributed by atoms with Gasteiger partial charge in [0.2, 0.25) is 0 Å². The molecule has 0 saturated carbocycles. The Hall–Kier alpha value is -1.32. The number of unbranched alkanes of at least 4 members (excludes halogenated alkanes) is 22. The molecular weight excluding hydrogens is 703 g/mol. The van der Waals surface area contributed by atoms with E-state index in [1.807, 2.05) is 0 Å². The van der Waals surface area contributed by atoms with E-state index in [-0.39, 0.29) is 19.6 Å².